The normalized spacial score (nSPS) is 29.7. The molecular formula is C40H60O6Ti+4. The maximum absolute atomic E-state index is 9.37. The van der Waals surface area contributed by atoms with E-state index in [-0.39, 0.29) is 57.1 Å². The third-order valence-corrected chi connectivity index (χ3v) is 12.4. The molecule has 0 aliphatic heterocycles. The third kappa shape index (κ3) is 8.95. The number of fused-ring (bicyclic) bond motifs is 4. The van der Waals surface area contributed by atoms with Crippen molar-refractivity contribution in [2.75, 3.05) is 0 Å². The van der Waals surface area contributed by atoms with Crippen LogP contribution in [-0.4, -0.2) is 64.7 Å². The quantitative estimate of drug-likeness (QED) is 0.108. The van der Waals surface area contributed by atoms with Crippen molar-refractivity contribution < 1.29 is 51.1 Å². The number of ketones is 4. The monoisotopic (exact) mass is 684 g/mol. The summed E-state index contributed by atoms with van der Waals surface area (Å²) in [5.74, 6) is 2.03. The Bertz CT molecular complexity index is 1260. The van der Waals surface area contributed by atoms with Crippen molar-refractivity contribution in [2.24, 2.45) is 33.5 Å². The molecule has 47 heavy (non-hydrogen) atoms. The molecule has 6 unspecified atom stereocenters. The molecule has 2 aromatic carbocycles. The first kappa shape index (κ1) is 40.7. The fourth-order valence-corrected chi connectivity index (χ4v) is 8.19. The van der Waals surface area contributed by atoms with Crippen LogP contribution in [0.1, 0.15) is 105 Å². The standard InChI is InChI=1S/2C10H9O2.2C10H18O.Ti/c2*1-8(11)7-10(12)9-5-3-2-4-6-9;2*1-9(2)7-4-5-10(9,3)8(11)6-7;/h2*2-7H,1H3;2*7-8,11H,4-6H2,1-3H3;/q2*-1;;;/p+6. The maximum atomic E-state index is 9.37. The number of carbonyl (C=O) groups excluding carboxylic acids is 4. The Morgan fingerprint density at radius 3 is 1.06 bits per heavy atom. The zero-order valence-corrected chi connectivity index (χ0v) is 31.3. The van der Waals surface area contributed by atoms with E-state index in [9.17, 15) is 9.59 Å². The van der Waals surface area contributed by atoms with Gasteiger partial charge in [-0.2, -0.15) is 0 Å². The van der Waals surface area contributed by atoms with Gasteiger partial charge >= 0.3 is 0 Å². The molecule has 0 amide bonds. The smallest absolute Gasteiger partial charge is 0.247 e. The van der Waals surface area contributed by atoms with Crippen molar-refractivity contribution in [1.29, 1.82) is 0 Å². The van der Waals surface area contributed by atoms with Crippen LogP contribution in [-0.2, 0) is 21.7 Å². The Hall–Kier alpha value is -2.51. The minimum atomic E-state index is 0. The zero-order valence-electron chi connectivity index (χ0n) is 29.8. The summed E-state index contributed by atoms with van der Waals surface area (Å²) in [6.07, 6.45) is 10.7. The van der Waals surface area contributed by atoms with Crippen LogP contribution >= 0.6 is 0 Å². The van der Waals surface area contributed by atoms with Gasteiger partial charge in [0.2, 0.25) is 23.1 Å². The van der Waals surface area contributed by atoms with E-state index < -0.39 is 0 Å². The molecule has 6 rings (SSSR count). The summed E-state index contributed by atoms with van der Waals surface area (Å²) in [6, 6.07) is 18.1. The van der Waals surface area contributed by atoms with E-state index >= 15 is 0 Å². The Kier molecular flexibility index (Phi) is 14.1. The summed E-state index contributed by atoms with van der Waals surface area (Å²) in [4.78, 5) is 36.5. The first-order chi connectivity index (χ1) is 21.4. The molecule has 4 aliphatic rings. The predicted octanol–water partition coefficient (Wildman–Crippen LogP) is 6.55. The number of rotatable bonds is 6. The van der Waals surface area contributed by atoms with Crippen LogP contribution in [0.25, 0.3) is 0 Å². The van der Waals surface area contributed by atoms with Gasteiger partial charge in [0.25, 0.3) is 0 Å². The van der Waals surface area contributed by atoms with Crippen LogP contribution in [0.5, 0.6) is 0 Å². The van der Waals surface area contributed by atoms with Crippen molar-refractivity contribution >= 4 is 23.1 Å². The van der Waals surface area contributed by atoms with Crippen molar-refractivity contribution in [3.63, 3.8) is 0 Å². The molecule has 0 spiro atoms. The molecule has 8 N–H and O–H groups in total. The van der Waals surface area contributed by atoms with Gasteiger partial charge in [-0.15, -0.1) is 24.3 Å². The maximum Gasteiger partial charge on any atom is 0.247 e. The fraction of sp³-hybridized carbons (Fsp3) is 0.550. The van der Waals surface area contributed by atoms with Gasteiger partial charge in [0.15, 0.2) is 12.2 Å². The van der Waals surface area contributed by atoms with Crippen LogP contribution in [0, 0.1) is 46.3 Å². The predicted molar refractivity (Wildman–Crippen MR) is 192 cm³/mol. The van der Waals surface area contributed by atoms with Gasteiger partial charge in [0.1, 0.15) is 0 Å². The molecule has 4 aliphatic carbocycles. The summed E-state index contributed by atoms with van der Waals surface area (Å²) in [7, 11) is 0. The Labute approximate surface area is 297 Å². The molecule has 0 aromatic heterocycles. The van der Waals surface area contributed by atoms with E-state index in [1.165, 1.54) is 52.4 Å². The third-order valence-electron chi connectivity index (χ3n) is 12.4. The van der Waals surface area contributed by atoms with Gasteiger partial charge in [-0.05, 0) is 61.2 Å². The number of benzene rings is 2. The Morgan fingerprint density at radius 2 is 0.894 bits per heavy atom. The summed E-state index contributed by atoms with van der Waals surface area (Å²) in [5, 5.41) is 15.9. The summed E-state index contributed by atoms with van der Waals surface area (Å²) in [5.41, 5.74) is 2.95. The first-order valence-corrected chi connectivity index (χ1v) is 16.8. The average molecular weight is 685 g/mol. The van der Waals surface area contributed by atoms with Gasteiger partial charge in [-0.25, -0.2) is 0 Å². The minimum Gasteiger partial charge on any atom is -0.443 e. The van der Waals surface area contributed by atoms with Gasteiger partial charge in [-0.3, -0.25) is 9.59 Å². The van der Waals surface area contributed by atoms with E-state index in [2.05, 4.69) is 41.5 Å². The second-order valence-electron chi connectivity index (χ2n) is 15.4. The van der Waals surface area contributed by atoms with Crippen molar-refractivity contribution in [2.45, 2.75) is 106 Å². The van der Waals surface area contributed by atoms with Gasteiger partial charge in [0.05, 0.1) is 0 Å². The SMILES string of the molecule is CC(=[OH+])[CH-]C(=[OH+])c1ccccc1.CC(=[OH+])[CH-]C(=[OH+])c1ccccc1.CC1(C)C2CCC1(C)C([OH2+])C2.CC1(C)C2CCC1(C)C([OH2+])C2.[Ti]. The van der Waals surface area contributed by atoms with E-state index in [4.69, 9.17) is 19.8 Å². The molecule has 7 heteroatoms. The second kappa shape index (κ2) is 16.3. The van der Waals surface area contributed by atoms with Gasteiger partial charge < -0.3 is 19.8 Å². The van der Waals surface area contributed by atoms with E-state index in [0.717, 1.165) is 24.7 Å². The molecule has 6 atom stereocenters. The van der Waals surface area contributed by atoms with Gasteiger partial charge in [-0.1, -0.05) is 89.1 Å². The zero-order chi connectivity index (χ0) is 34.5. The van der Waals surface area contributed by atoms with Crippen molar-refractivity contribution in [1.82, 2.24) is 0 Å². The topological polar surface area (TPSA) is 131 Å². The molecule has 4 fully saturated rings. The number of hydrogen-bond donors (Lipinski definition) is 0. The van der Waals surface area contributed by atoms with Crippen molar-refractivity contribution in [3.8, 4) is 0 Å². The van der Waals surface area contributed by atoms with Crippen LogP contribution < -0.4 is 0 Å². The van der Waals surface area contributed by atoms with Crippen LogP contribution in [0.2, 0.25) is 0 Å². The molecule has 2 aromatic rings. The summed E-state index contributed by atoms with van der Waals surface area (Å²) < 4.78 is 0. The summed E-state index contributed by atoms with van der Waals surface area (Å²) in [6.45, 7) is 17.1. The van der Waals surface area contributed by atoms with Crippen LogP contribution in [0.15, 0.2) is 60.7 Å². The largest absolute Gasteiger partial charge is 0.443 e. The molecule has 0 heterocycles. The first-order valence-electron chi connectivity index (χ1n) is 16.8. The molecule has 0 saturated heterocycles. The summed E-state index contributed by atoms with van der Waals surface area (Å²) >= 11 is 0. The second-order valence-corrected chi connectivity index (χ2v) is 15.4. The van der Waals surface area contributed by atoms with E-state index in [0.29, 0.717) is 32.8 Å². The minimum absolute atomic E-state index is 0. The molecule has 4 saturated carbocycles. The molecular weight excluding hydrogens is 624 g/mol. The molecule has 0 radical (unpaired) electrons. The van der Waals surface area contributed by atoms with Crippen molar-refractivity contribution in [3.05, 3.63) is 84.6 Å². The van der Waals surface area contributed by atoms with Crippen LogP contribution in [0.3, 0.4) is 0 Å². The molecule has 4 bridgehead atoms. The fourth-order valence-electron chi connectivity index (χ4n) is 8.19. The average Bonchev–Trinajstić information content (AvgIpc) is 3.50. The Balaban J connectivity index is 0.000000216. The molecule has 256 valence electrons. The Morgan fingerprint density at radius 1 is 0.596 bits per heavy atom. The van der Waals surface area contributed by atoms with Gasteiger partial charge in [0, 0.05) is 59.2 Å². The van der Waals surface area contributed by atoms with E-state index in [1.54, 1.807) is 24.3 Å². The molecule has 6 nitrogen and oxygen atoms in total. The van der Waals surface area contributed by atoms with Crippen LogP contribution in [0.4, 0.5) is 0 Å². The van der Waals surface area contributed by atoms with E-state index in [1.807, 2.05) is 36.4 Å². The number of hydrogen-bond acceptors (Lipinski definition) is 0.